The summed E-state index contributed by atoms with van der Waals surface area (Å²) < 4.78 is 21.2. The van der Waals surface area contributed by atoms with Crippen LogP contribution in [0.25, 0.3) is 11.1 Å². The summed E-state index contributed by atoms with van der Waals surface area (Å²) >= 11 is 0. The van der Waals surface area contributed by atoms with Gasteiger partial charge in [-0.1, -0.05) is 42.0 Å². The van der Waals surface area contributed by atoms with Crippen LogP contribution in [0.4, 0.5) is 4.39 Å². The predicted octanol–water partition coefficient (Wildman–Crippen LogP) is 3.99. The number of piperidine rings is 1. The molecular formula is C23H29FN2O2. The minimum Gasteiger partial charge on any atom is -0.371 e. The molecule has 150 valence electrons. The molecule has 4 nitrogen and oxygen atoms in total. The zero-order chi connectivity index (χ0) is 19.9. The summed E-state index contributed by atoms with van der Waals surface area (Å²) in [5, 5.41) is 6.20. The Labute approximate surface area is 166 Å². The molecule has 1 aliphatic rings. The highest BCUT2D eigenvalue weighted by Gasteiger charge is 2.29. The first-order chi connectivity index (χ1) is 13.6. The van der Waals surface area contributed by atoms with Crippen molar-refractivity contribution in [3.8, 4) is 11.1 Å². The van der Waals surface area contributed by atoms with Crippen LogP contribution < -0.4 is 10.6 Å². The molecule has 2 aromatic rings. The molecule has 2 aromatic carbocycles. The van der Waals surface area contributed by atoms with Crippen molar-refractivity contribution in [2.24, 2.45) is 5.92 Å². The SMILES string of the molecule is CC(=O)NCCOC(c1cccc(F)c1-c1cccc(C)c1)[C@@H]1CCCNC1. The van der Waals surface area contributed by atoms with Gasteiger partial charge in [0.25, 0.3) is 0 Å². The first-order valence-electron chi connectivity index (χ1n) is 9.98. The van der Waals surface area contributed by atoms with Gasteiger partial charge in [0, 0.05) is 31.5 Å². The summed E-state index contributed by atoms with van der Waals surface area (Å²) in [4.78, 5) is 11.1. The number of carbonyl (C=O) groups is 1. The molecule has 2 N–H and O–H groups in total. The standard InChI is InChI=1S/C23H29FN2O2/c1-16-6-3-7-18(14-16)22-20(9-4-10-21(22)24)23(19-8-5-11-25-15-19)28-13-12-26-17(2)27/h3-4,6-7,9-10,14,19,23,25H,5,8,11-13,15H2,1-2H3,(H,26,27)/t19-,23?/m1/s1. The highest BCUT2D eigenvalue weighted by atomic mass is 19.1. The topological polar surface area (TPSA) is 50.4 Å². The van der Waals surface area contributed by atoms with Crippen molar-refractivity contribution in [1.29, 1.82) is 0 Å². The van der Waals surface area contributed by atoms with E-state index < -0.39 is 0 Å². The first-order valence-corrected chi connectivity index (χ1v) is 9.98. The number of ether oxygens (including phenoxy) is 1. The average Bonchev–Trinajstić information content (AvgIpc) is 2.68. The minimum atomic E-state index is -0.234. The van der Waals surface area contributed by atoms with E-state index in [9.17, 15) is 9.18 Å². The third-order valence-corrected chi connectivity index (χ3v) is 5.20. The van der Waals surface area contributed by atoms with Gasteiger partial charge in [0.15, 0.2) is 0 Å². The number of aryl methyl sites for hydroxylation is 1. The Morgan fingerprint density at radius 1 is 1.32 bits per heavy atom. The van der Waals surface area contributed by atoms with Crippen LogP contribution in [0.15, 0.2) is 42.5 Å². The van der Waals surface area contributed by atoms with E-state index in [1.165, 1.54) is 13.0 Å². The molecule has 1 unspecified atom stereocenters. The minimum absolute atomic E-state index is 0.0781. The molecule has 0 saturated carbocycles. The quantitative estimate of drug-likeness (QED) is 0.710. The Balaban J connectivity index is 1.94. The van der Waals surface area contributed by atoms with E-state index in [1.54, 1.807) is 6.07 Å². The number of hydrogen-bond donors (Lipinski definition) is 2. The lowest BCUT2D eigenvalue weighted by atomic mass is 9.85. The van der Waals surface area contributed by atoms with Crippen molar-refractivity contribution in [3.05, 3.63) is 59.4 Å². The lowest BCUT2D eigenvalue weighted by Gasteiger charge is -2.32. The molecule has 28 heavy (non-hydrogen) atoms. The smallest absolute Gasteiger partial charge is 0.216 e. The Hall–Kier alpha value is -2.24. The number of benzene rings is 2. The van der Waals surface area contributed by atoms with Crippen molar-refractivity contribution >= 4 is 5.91 Å². The molecule has 1 fully saturated rings. The summed E-state index contributed by atoms with van der Waals surface area (Å²) in [6.45, 7) is 6.19. The van der Waals surface area contributed by atoms with Crippen LogP contribution in [0.2, 0.25) is 0 Å². The van der Waals surface area contributed by atoms with E-state index in [-0.39, 0.29) is 23.7 Å². The number of amides is 1. The third-order valence-electron chi connectivity index (χ3n) is 5.20. The van der Waals surface area contributed by atoms with E-state index in [0.717, 1.165) is 42.6 Å². The maximum absolute atomic E-state index is 15.0. The molecule has 0 radical (unpaired) electrons. The van der Waals surface area contributed by atoms with Gasteiger partial charge in [0.05, 0.1) is 12.7 Å². The number of rotatable bonds is 7. The molecule has 2 atom stereocenters. The first kappa shape index (κ1) is 20.5. The monoisotopic (exact) mass is 384 g/mol. The van der Waals surface area contributed by atoms with Crippen molar-refractivity contribution in [1.82, 2.24) is 10.6 Å². The van der Waals surface area contributed by atoms with Gasteiger partial charge in [-0.2, -0.15) is 0 Å². The molecular weight excluding hydrogens is 355 g/mol. The number of carbonyl (C=O) groups excluding carboxylic acids is 1. The van der Waals surface area contributed by atoms with Crippen LogP contribution in [-0.4, -0.2) is 32.1 Å². The maximum Gasteiger partial charge on any atom is 0.216 e. The van der Waals surface area contributed by atoms with Gasteiger partial charge in [-0.3, -0.25) is 4.79 Å². The molecule has 0 bridgehead atoms. The Bertz CT molecular complexity index is 803. The number of halogens is 1. The zero-order valence-electron chi connectivity index (χ0n) is 16.6. The van der Waals surface area contributed by atoms with Gasteiger partial charge in [-0.05, 0) is 43.5 Å². The molecule has 1 saturated heterocycles. The van der Waals surface area contributed by atoms with Crippen molar-refractivity contribution in [2.75, 3.05) is 26.2 Å². The van der Waals surface area contributed by atoms with E-state index in [2.05, 4.69) is 10.6 Å². The maximum atomic E-state index is 15.0. The molecule has 5 heteroatoms. The Morgan fingerprint density at radius 2 is 2.14 bits per heavy atom. The van der Waals surface area contributed by atoms with E-state index in [1.807, 2.05) is 37.3 Å². The molecule has 0 aromatic heterocycles. The van der Waals surface area contributed by atoms with Crippen LogP contribution in [0.1, 0.15) is 37.0 Å². The fourth-order valence-electron chi connectivity index (χ4n) is 3.91. The fourth-order valence-corrected chi connectivity index (χ4v) is 3.91. The number of hydrogen-bond acceptors (Lipinski definition) is 3. The summed E-state index contributed by atoms with van der Waals surface area (Å²) in [5.41, 5.74) is 3.45. The van der Waals surface area contributed by atoms with Crippen LogP contribution in [0.5, 0.6) is 0 Å². The summed E-state index contributed by atoms with van der Waals surface area (Å²) in [6.07, 6.45) is 1.88. The van der Waals surface area contributed by atoms with Crippen LogP contribution in [0, 0.1) is 18.7 Å². The van der Waals surface area contributed by atoms with Crippen LogP contribution in [-0.2, 0) is 9.53 Å². The Morgan fingerprint density at radius 3 is 2.86 bits per heavy atom. The molecule has 1 heterocycles. The highest BCUT2D eigenvalue weighted by Crippen LogP contribution is 2.38. The van der Waals surface area contributed by atoms with Gasteiger partial charge < -0.3 is 15.4 Å². The van der Waals surface area contributed by atoms with Gasteiger partial charge in [-0.15, -0.1) is 0 Å². The summed E-state index contributed by atoms with van der Waals surface area (Å²) in [7, 11) is 0. The number of nitrogens with one attached hydrogen (secondary N) is 2. The Kier molecular flexibility index (Phi) is 7.18. The van der Waals surface area contributed by atoms with Gasteiger partial charge in [0.1, 0.15) is 5.82 Å². The largest absolute Gasteiger partial charge is 0.371 e. The molecule has 1 aliphatic heterocycles. The molecule has 0 spiro atoms. The van der Waals surface area contributed by atoms with Gasteiger partial charge in [-0.25, -0.2) is 4.39 Å². The van der Waals surface area contributed by atoms with Crippen LogP contribution >= 0.6 is 0 Å². The molecule has 1 amide bonds. The second kappa shape index (κ2) is 9.80. The fraction of sp³-hybridized carbons (Fsp3) is 0.435. The predicted molar refractivity (Wildman–Crippen MR) is 110 cm³/mol. The molecule has 0 aliphatic carbocycles. The summed E-state index contributed by atoms with van der Waals surface area (Å²) in [5.74, 6) is -0.0514. The lowest BCUT2D eigenvalue weighted by Crippen LogP contribution is -2.35. The van der Waals surface area contributed by atoms with Crippen molar-refractivity contribution in [2.45, 2.75) is 32.8 Å². The molecule has 3 rings (SSSR count). The second-order valence-corrected chi connectivity index (χ2v) is 7.45. The van der Waals surface area contributed by atoms with Crippen molar-refractivity contribution < 1.29 is 13.9 Å². The highest BCUT2D eigenvalue weighted by molar-refractivity contribution is 5.72. The van der Waals surface area contributed by atoms with Gasteiger partial charge >= 0.3 is 0 Å². The third kappa shape index (κ3) is 5.18. The normalized spacial score (nSPS) is 17.9. The van der Waals surface area contributed by atoms with E-state index in [0.29, 0.717) is 18.7 Å². The second-order valence-electron chi connectivity index (χ2n) is 7.45. The van der Waals surface area contributed by atoms with Crippen LogP contribution in [0.3, 0.4) is 0 Å². The van der Waals surface area contributed by atoms with E-state index >= 15 is 0 Å². The van der Waals surface area contributed by atoms with E-state index in [4.69, 9.17) is 4.74 Å². The lowest BCUT2D eigenvalue weighted by molar-refractivity contribution is -0.119. The average molecular weight is 384 g/mol. The summed E-state index contributed by atoms with van der Waals surface area (Å²) in [6, 6.07) is 13.2. The zero-order valence-corrected chi connectivity index (χ0v) is 16.6. The van der Waals surface area contributed by atoms with Crippen molar-refractivity contribution in [3.63, 3.8) is 0 Å². The van der Waals surface area contributed by atoms with Gasteiger partial charge in [0.2, 0.25) is 5.91 Å².